The molecule has 0 atom stereocenters. The van der Waals surface area contributed by atoms with E-state index in [2.05, 4.69) is 83.0 Å². The Labute approximate surface area is 423 Å². The zero-order valence-electron chi connectivity index (χ0n) is 42.5. The third-order valence-electron chi connectivity index (χ3n) is 12.8. The fraction of sp³-hybridized carbons (Fsp3) is 0.286. The van der Waals surface area contributed by atoms with Crippen LogP contribution in [-0.2, 0) is 25.7 Å². The number of rotatable bonds is 15. The van der Waals surface area contributed by atoms with Gasteiger partial charge < -0.3 is 0 Å². The van der Waals surface area contributed by atoms with Crippen molar-refractivity contribution in [2.75, 3.05) is 0 Å². The van der Waals surface area contributed by atoms with E-state index in [0.29, 0.717) is 47.0 Å². The molecule has 1 N–H and O–H groups in total. The Kier molecular flexibility index (Phi) is 15.9. The number of aromatic nitrogens is 14. The van der Waals surface area contributed by atoms with Crippen LogP contribution in [0.3, 0.4) is 0 Å². The Balaban J connectivity index is 0.000000196. The molecule has 9 rings (SSSR count). The number of H-pyrrole nitrogens is 1. The Hall–Kier alpha value is -8.78. The first-order valence-corrected chi connectivity index (χ1v) is 24.5. The van der Waals surface area contributed by atoms with Gasteiger partial charge in [-0.15, -0.1) is 20.4 Å². The Bertz CT molecular complexity index is 3560. The molecule has 0 aliphatic carbocycles. The van der Waals surface area contributed by atoms with E-state index in [1.165, 1.54) is 9.13 Å². The van der Waals surface area contributed by atoms with Gasteiger partial charge in [0.15, 0.2) is 0 Å². The van der Waals surface area contributed by atoms with Crippen molar-refractivity contribution in [2.45, 2.75) is 107 Å². The third-order valence-corrected chi connectivity index (χ3v) is 12.8. The second-order valence-corrected chi connectivity index (χ2v) is 17.9. The maximum atomic E-state index is 13.8. The highest BCUT2D eigenvalue weighted by atomic mass is 16.1. The molecule has 0 saturated carbocycles. The van der Waals surface area contributed by atoms with Gasteiger partial charge in [0.25, 0.3) is 23.0 Å². The number of aryl methyl sites for hydroxylation is 8. The smallest absolute Gasteiger partial charge is 0.264 e. The molecular weight excluding hydrogens is 915 g/mol. The minimum Gasteiger partial charge on any atom is -0.268 e. The second kappa shape index (κ2) is 23.0. The van der Waals surface area contributed by atoms with E-state index in [1.807, 2.05) is 120 Å². The van der Waals surface area contributed by atoms with Gasteiger partial charge in [0, 0.05) is 29.5 Å². The number of hydrogen-bond donors (Lipinski definition) is 1. The minimum absolute atomic E-state index is 0.153. The summed E-state index contributed by atoms with van der Waals surface area (Å²) in [6.45, 7) is 15.3. The normalized spacial score (nSPS) is 11.0. The Morgan fingerprint density at radius 3 is 1.41 bits per heavy atom. The molecule has 9 aromatic rings. The molecule has 17 nitrogen and oxygen atoms in total. The number of unbranched alkanes of at least 4 members (excludes halogenated alkanes) is 2. The van der Waals surface area contributed by atoms with Crippen molar-refractivity contribution in [1.82, 2.24) is 70.1 Å². The maximum Gasteiger partial charge on any atom is 0.264 e. The van der Waals surface area contributed by atoms with Crippen LogP contribution in [0.2, 0.25) is 0 Å². The van der Waals surface area contributed by atoms with Crippen molar-refractivity contribution in [3.8, 4) is 51.6 Å². The highest BCUT2D eigenvalue weighted by Crippen LogP contribution is 2.30. The SMILES string of the molecule is CCCCc1nc(C)n(-c2nnc(C)c(C)n2)c(=O)c1Cc1ccc(-c2ccccc2-c2nn[nH]n2)cc1.CCCCc1nc(C)n(-c2nnc(C)c(C)n2)c(=O)c1Cc1ccc(-c2ccccc2C#N)cc1. The van der Waals surface area contributed by atoms with E-state index in [1.54, 1.807) is 6.92 Å². The summed E-state index contributed by atoms with van der Waals surface area (Å²) >= 11 is 0. The van der Waals surface area contributed by atoms with Gasteiger partial charge in [-0.05, 0) is 112 Å². The van der Waals surface area contributed by atoms with Gasteiger partial charge in [0.1, 0.15) is 11.6 Å². The number of nitriles is 1. The molecule has 0 aliphatic rings. The van der Waals surface area contributed by atoms with Crippen molar-refractivity contribution in [2.24, 2.45) is 0 Å². The summed E-state index contributed by atoms with van der Waals surface area (Å²) in [4.78, 5) is 46.2. The van der Waals surface area contributed by atoms with Crippen molar-refractivity contribution in [3.05, 3.63) is 191 Å². The average Bonchev–Trinajstić information content (AvgIpc) is 3.95. The van der Waals surface area contributed by atoms with Gasteiger partial charge in [-0.2, -0.15) is 20.7 Å². The van der Waals surface area contributed by atoms with Gasteiger partial charge in [-0.1, -0.05) is 118 Å². The zero-order valence-corrected chi connectivity index (χ0v) is 42.5. The van der Waals surface area contributed by atoms with Crippen LogP contribution in [0.15, 0.2) is 107 Å². The lowest BCUT2D eigenvalue weighted by molar-refractivity contribution is 0.707. The summed E-state index contributed by atoms with van der Waals surface area (Å²) in [6, 6.07) is 33.9. The van der Waals surface area contributed by atoms with Crippen molar-refractivity contribution < 1.29 is 0 Å². The van der Waals surface area contributed by atoms with E-state index in [-0.39, 0.29) is 23.0 Å². The van der Waals surface area contributed by atoms with E-state index >= 15 is 0 Å². The highest BCUT2D eigenvalue weighted by Gasteiger charge is 2.21. The van der Waals surface area contributed by atoms with Crippen LogP contribution in [0.4, 0.5) is 0 Å². The molecule has 0 unspecified atom stereocenters. The minimum atomic E-state index is -0.160. The third kappa shape index (κ3) is 11.4. The predicted octanol–water partition coefficient (Wildman–Crippen LogP) is 8.94. The van der Waals surface area contributed by atoms with Crippen LogP contribution in [-0.4, -0.2) is 70.1 Å². The van der Waals surface area contributed by atoms with Gasteiger partial charge in [-0.25, -0.2) is 29.1 Å². The van der Waals surface area contributed by atoms with Crippen LogP contribution < -0.4 is 11.1 Å². The van der Waals surface area contributed by atoms with E-state index in [0.717, 1.165) is 112 Å². The quantitative estimate of drug-likeness (QED) is 0.101. The number of nitrogens with one attached hydrogen (secondary N) is 1. The fourth-order valence-electron chi connectivity index (χ4n) is 8.50. The molecule has 73 heavy (non-hydrogen) atoms. The molecule has 0 aliphatic heterocycles. The highest BCUT2D eigenvalue weighted by molar-refractivity contribution is 5.80. The van der Waals surface area contributed by atoms with Crippen LogP contribution in [0.5, 0.6) is 0 Å². The molecule has 17 heteroatoms. The molecule has 0 spiro atoms. The summed E-state index contributed by atoms with van der Waals surface area (Å²) in [5.41, 5.74) is 13.0. The van der Waals surface area contributed by atoms with E-state index < -0.39 is 0 Å². The molecule has 0 bridgehead atoms. The summed E-state index contributed by atoms with van der Waals surface area (Å²) < 4.78 is 2.93. The molecule has 0 radical (unpaired) electrons. The van der Waals surface area contributed by atoms with Crippen LogP contribution in [0.25, 0.3) is 45.5 Å². The molecule has 368 valence electrons. The lowest BCUT2D eigenvalue weighted by Crippen LogP contribution is -2.30. The predicted molar refractivity (Wildman–Crippen MR) is 279 cm³/mol. The number of benzene rings is 4. The van der Waals surface area contributed by atoms with E-state index in [9.17, 15) is 14.9 Å². The molecule has 0 fully saturated rings. The molecular formula is C56H57N15O2. The number of hydrogen-bond acceptors (Lipinski definition) is 14. The maximum absolute atomic E-state index is 13.8. The van der Waals surface area contributed by atoms with Crippen molar-refractivity contribution in [3.63, 3.8) is 0 Å². The van der Waals surface area contributed by atoms with Crippen LogP contribution in [0.1, 0.15) is 113 Å². The molecule has 4 aromatic carbocycles. The Morgan fingerprint density at radius 2 is 0.973 bits per heavy atom. The van der Waals surface area contributed by atoms with Crippen LogP contribution in [0, 0.1) is 52.9 Å². The van der Waals surface area contributed by atoms with E-state index in [4.69, 9.17) is 9.97 Å². The topological polar surface area (TPSA) is 225 Å². The molecule has 5 aromatic heterocycles. The first kappa shape index (κ1) is 50.6. The zero-order chi connectivity index (χ0) is 51.6. The lowest BCUT2D eigenvalue weighted by Gasteiger charge is -2.15. The lowest BCUT2D eigenvalue weighted by atomic mass is 9.96. The van der Waals surface area contributed by atoms with Crippen molar-refractivity contribution in [1.29, 1.82) is 5.26 Å². The number of aromatic amines is 1. The standard InChI is InChI=1S/C28H29N9O.C28H28N6O/c1-5-6-11-25-24(27(38)37(19(4)30-25)28-29-17(2)18(3)31-34-28)16-20-12-14-21(15-13-20)22-9-7-8-10-23(22)26-32-35-36-33-26;1-5-6-11-26-25(27(35)34(20(4)31-26)28-30-18(2)19(3)32-33-28)16-21-12-14-22(15-13-21)24-10-8-7-9-23(24)17-29/h7-10,12-15H,5-6,11,16H2,1-4H3,(H,32,33,35,36);7-10,12-15H,5-6,11,16H2,1-4H3. The van der Waals surface area contributed by atoms with Gasteiger partial charge >= 0.3 is 0 Å². The number of nitrogens with zero attached hydrogens (tertiary/aromatic N) is 14. The summed E-state index contributed by atoms with van der Waals surface area (Å²) in [5, 5.41) is 40.6. The fourth-order valence-corrected chi connectivity index (χ4v) is 8.50. The molecule has 0 saturated heterocycles. The molecule has 0 amide bonds. The summed E-state index contributed by atoms with van der Waals surface area (Å²) in [6.07, 6.45) is 6.32. The number of tetrazole rings is 1. The van der Waals surface area contributed by atoms with Crippen LogP contribution >= 0.6 is 0 Å². The summed E-state index contributed by atoms with van der Waals surface area (Å²) in [7, 11) is 0. The van der Waals surface area contributed by atoms with Gasteiger partial charge in [0.05, 0.1) is 45.8 Å². The monoisotopic (exact) mass is 971 g/mol. The first-order valence-electron chi connectivity index (χ1n) is 24.5. The Morgan fingerprint density at radius 1 is 0.521 bits per heavy atom. The molecule has 5 heterocycles. The van der Waals surface area contributed by atoms with Gasteiger partial charge in [-0.3, -0.25) is 9.59 Å². The largest absolute Gasteiger partial charge is 0.268 e. The average molecular weight is 972 g/mol. The van der Waals surface area contributed by atoms with Crippen molar-refractivity contribution >= 4 is 0 Å². The second-order valence-electron chi connectivity index (χ2n) is 17.9. The first-order chi connectivity index (χ1) is 35.4. The van der Waals surface area contributed by atoms with Gasteiger partial charge in [0.2, 0.25) is 5.82 Å². The summed E-state index contributed by atoms with van der Waals surface area (Å²) in [5.74, 6) is 2.15.